The predicted octanol–water partition coefficient (Wildman–Crippen LogP) is 3.15. The van der Waals surface area contributed by atoms with Crippen molar-refractivity contribution < 1.29 is 4.79 Å². The number of hydrogen-bond donors (Lipinski definition) is 1. The molecule has 0 fully saturated rings. The van der Waals surface area contributed by atoms with Crippen molar-refractivity contribution in [3.8, 4) is 0 Å². The molecule has 0 aliphatic heterocycles. The number of nitrogens with one attached hydrogen (secondary N) is 1. The molecule has 2 rings (SSSR count). The van der Waals surface area contributed by atoms with Crippen LogP contribution in [0.5, 0.6) is 0 Å². The van der Waals surface area contributed by atoms with E-state index in [4.69, 9.17) is 23.2 Å². The van der Waals surface area contributed by atoms with Crippen molar-refractivity contribution in [2.24, 2.45) is 0 Å². The summed E-state index contributed by atoms with van der Waals surface area (Å²) in [7, 11) is 0. The zero-order valence-corrected chi connectivity index (χ0v) is 12.9. The van der Waals surface area contributed by atoms with E-state index in [0.29, 0.717) is 10.8 Å². The number of aromatic nitrogens is 3. The van der Waals surface area contributed by atoms with Gasteiger partial charge in [-0.05, 0) is 38.5 Å². The highest BCUT2D eigenvalue weighted by molar-refractivity contribution is 6.34. The summed E-state index contributed by atoms with van der Waals surface area (Å²) >= 11 is 11.8. The van der Waals surface area contributed by atoms with Crippen molar-refractivity contribution in [3.63, 3.8) is 0 Å². The van der Waals surface area contributed by atoms with E-state index in [0.717, 1.165) is 17.0 Å². The van der Waals surface area contributed by atoms with E-state index in [9.17, 15) is 4.79 Å². The van der Waals surface area contributed by atoms with Gasteiger partial charge < -0.3 is 5.32 Å². The lowest BCUT2D eigenvalue weighted by Gasteiger charge is -2.11. The Hall–Kier alpha value is -1.59. The van der Waals surface area contributed by atoms with E-state index in [-0.39, 0.29) is 17.6 Å². The lowest BCUT2D eigenvalue weighted by molar-refractivity contribution is -0.116. The fourth-order valence-electron chi connectivity index (χ4n) is 1.90. The van der Waals surface area contributed by atoms with Crippen molar-refractivity contribution in [1.29, 1.82) is 0 Å². The highest BCUT2D eigenvalue weighted by Gasteiger charge is 2.13. The van der Waals surface area contributed by atoms with Crippen LogP contribution in [0, 0.1) is 20.8 Å². The molecule has 1 N–H and O–H groups in total. The molecule has 0 aliphatic carbocycles. The number of hydrogen-bond acceptors (Lipinski definition) is 3. The van der Waals surface area contributed by atoms with Gasteiger partial charge in [0.15, 0.2) is 5.15 Å². The predicted molar refractivity (Wildman–Crippen MR) is 79.3 cm³/mol. The van der Waals surface area contributed by atoms with Crippen LogP contribution in [0.1, 0.15) is 17.0 Å². The van der Waals surface area contributed by atoms with Crippen LogP contribution in [0.3, 0.4) is 0 Å². The van der Waals surface area contributed by atoms with Gasteiger partial charge in [-0.2, -0.15) is 5.10 Å². The van der Waals surface area contributed by atoms with Gasteiger partial charge in [-0.3, -0.25) is 9.48 Å². The Morgan fingerprint density at radius 3 is 2.55 bits per heavy atom. The molecule has 0 unspecified atom stereocenters. The van der Waals surface area contributed by atoms with Gasteiger partial charge in [0, 0.05) is 5.69 Å². The van der Waals surface area contributed by atoms with Crippen LogP contribution in [0.15, 0.2) is 12.1 Å². The molecule has 1 amide bonds. The molecule has 0 aromatic carbocycles. The Morgan fingerprint density at radius 1 is 1.30 bits per heavy atom. The van der Waals surface area contributed by atoms with Crippen molar-refractivity contribution in [2.75, 3.05) is 5.32 Å². The Bertz CT molecular complexity index is 643. The van der Waals surface area contributed by atoms with Gasteiger partial charge in [0.25, 0.3) is 0 Å². The summed E-state index contributed by atoms with van der Waals surface area (Å²) in [6, 6.07) is 3.56. The maximum absolute atomic E-state index is 12.0. The largest absolute Gasteiger partial charge is 0.322 e. The fraction of sp³-hybridized carbons (Fsp3) is 0.308. The zero-order chi connectivity index (χ0) is 14.9. The van der Waals surface area contributed by atoms with Crippen LogP contribution in [0.4, 0.5) is 5.69 Å². The van der Waals surface area contributed by atoms with Gasteiger partial charge in [-0.25, -0.2) is 4.98 Å². The first kappa shape index (κ1) is 14.8. The normalized spacial score (nSPS) is 10.7. The lowest BCUT2D eigenvalue weighted by Crippen LogP contribution is -2.21. The number of aryl methyl sites for hydroxylation is 3. The summed E-state index contributed by atoms with van der Waals surface area (Å²) < 4.78 is 1.64. The number of halogens is 2. The number of pyridine rings is 1. The molecule has 2 aromatic heterocycles. The molecule has 0 aliphatic rings. The highest BCUT2D eigenvalue weighted by atomic mass is 35.5. The second-order valence-electron chi connectivity index (χ2n) is 4.56. The smallest absolute Gasteiger partial charge is 0.246 e. The van der Waals surface area contributed by atoms with Crippen molar-refractivity contribution >= 4 is 34.8 Å². The molecule has 0 spiro atoms. The van der Waals surface area contributed by atoms with Gasteiger partial charge in [0.05, 0.1) is 11.4 Å². The first-order valence-corrected chi connectivity index (χ1v) is 6.76. The van der Waals surface area contributed by atoms with Gasteiger partial charge in [-0.1, -0.05) is 23.2 Å². The van der Waals surface area contributed by atoms with E-state index < -0.39 is 0 Å². The Kier molecular flexibility index (Phi) is 4.30. The minimum absolute atomic E-state index is 0.123. The number of carbonyl (C=O) groups is 1. The number of rotatable bonds is 3. The van der Waals surface area contributed by atoms with Crippen LogP contribution >= 0.6 is 23.2 Å². The summed E-state index contributed by atoms with van der Waals surface area (Å²) in [6.45, 7) is 5.71. The topological polar surface area (TPSA) is 59.8 Å². The number of nitrogens with zero attached hydrogens (tertiary/aromatic N) is 3. The first-order valence-electron chi connectivity index (χ1n) is 6.00. The Balaban J connectivity index is 2.15. The van der Waals surface area contributed by atoms with Crippen LogP contribution in [-0.4, -0.2) is 20.7 Å². The summed E-state index contributed by atoms with van der Waals surface area (Å²) in [4.78, 5) is 16.0. The van der Waals surface area contributed by atoms with Gasteiger partial charge in [0.2, 0.25) is 5.91 Å². The minimum atomic E-state index is -0.217. The molecule has 2 heterocycles. The molecular weight excluding hydrogens is 299 g/mol. The SMILES string of the molecule is Cc1cc(C)n(CC(=O)Nc2c(C)cc(Cl)nc2Cl)n1. The number of amides is 1. The number of anilines is 1. The maximum atomic E-state index is 12.0. The average molecular weight is 313 g/mol. The summed E-state index contributed by atoms with van der Waals surface area (Å²) in [5.74, 6) is -0.217. The van der Waals surface area contributed by atoms with Crippen molar-refractivity contribution in [2.45, 2.75) is 27.3 Å². The highest BCUT2D eigenvalue weighted by Crippen LogP contribution is 2.26. The quantitative estimate of drug-likeness (QED) is 0.886. The van der Waals surface area contributed by atoms with Crippen molar-refractivity contribution in [3.05, 3.63) is 39.4 Å². The Morgan fingerprint density at radius 2 is 2.00 bits per heavy atom. The standard InChI is InChI=1S/C13H14Cl2N4O/c1-7-4-10(14)16-13(15)12(7)17-11(20)6-19-9(3)5-8(2)18-19/h4-5H,6H2,1-3H3,(H,17,20). The molecule has 2 aromatic rings. The van der Waals surface area contributed by atoms with Gasteiger partial charge in [-0.15, -0.1) is 0 Å². The third-order valence-electron chi connectivity index (χ3n) is 2.80. The molecular formula is C13H14Cl2N4O. The molecule has 7 heteroatoms. The molecule has 0 atom stereocenters. The average Bonchev–Trinajstić information content (AvgIpc) is 2.62. The molecule has 0 saturated heterocycles. The monoisotopic (exact) mass is 312 g/mol. The summed E-state index contributed by atoms with van der Waals surface area (Å²) in [6.07, 6.45) is 0. The zero-order valence-electron chi connectivity index (χ0n) is 11.4. The third kappa shape index (κ3) is 3.29. The van der Waals surface area contributed by atoms with E-state index in [1.807, 2.05) is 19.9 Å². The van der Waals surface area contributed by atoms with E-state index in [1.54, 1.807) is 17.7 Å². The van der Waals surface area contributed by atoms with Crippen LogP contribution in [0.25, 0.3) is 0 Å². The molecule has 0 bridgehead atoms. The maximum Gasteiger partial charge on any atom is 0.246 e. The lowest BCUT2D eigenvalue weighted by atomic mass is 10.2. The van der Waals surface area contributed by atoms with Crippen LogP contribution in [-0.2, 0) is 11.3 Å². The van der Waals surface area contributed by atoms with E-state index in [2.05, 4.69) is 15.4 Å². The Labute approximate surface area is 126 Å². The first-order chi connectivity index (χ1) is 9.36. The van der Waals surface area contributed by atoms with Crippen molar-refractivity contribution in [1.82, 2.24) is 14.8 Å². The summed E-state index contributed by atoms with van der Waals surface area (Å²) in [5.41, 5.74) is 3.03. The summed E-state index contributed by atoms with van der Waals surface area (Å²) in [5, 5.41) is 7.45. The van der Waals surface area contributed by atoms with Crippen LogP contribution < -0.4 is 5.32 Å². The minimum Gasteiger partial charge on any atom is -0.322 e. The second-order valence-corrected chi connectivity index (χ2v) is 5.31. The molecule has 0 radical (unpaired) electrons. The number of carbonyl (C=O) groups excluding carboxylic acids is 1. The molecule has 106 valence electrons. The van der Waals surface area contributed by atoms with E-state index >= 15 is 0 Å². The van der Waals surface area contributed by atoms with Crippen LogP contribution in [0.2, 0.25) is 10.3 Å². The third-order valence-corrected chi connectivity index (χ3v) is 3.27. The fourth-order valence-corrected chi connectivity index (χ4v) is 2.47. The molecule has 5 nitrogen and oxygen atoms in total. The van der Waals surface area contributed by atoms with E-state index in [1.165, 1.54) is 0 Å². The van der Waals surface area contributed by atoms with Gasteiger partial charge in [0.1, 0.15) is 11.7 Å². The molecule has 0 saturated carbocycles. The van der Waals surface area contributed by atoms with Gasteiger partial charge >= 0.3 is 0 Å². The second kappa shape index (κ2) is 5.81. The molecule has 20 heavy (non-hydrogen) atoms.